The highest BCUT2D eigenvalue weighted by Crippen LogP contribution is 2.34. The third kappa shape index (κ3) is 5.70. The molecule has 3 heterocycles. The van der Waals surface area contributed by atoms with Gasteiger partial charge in [0.05, 0.1) is 12.3 Å². The topological polar surface area (TPSA) is 156 Å². The molecule has 1 unspecified atom stereocenters. The highest BCUT2D eigenvalue weighted by Gasteiger charge is 2.21. The van der Waals surface area contributed by atoms with Crippen molar-refractivity contribution < 1.29 is 27.8 Å². The fourth-order valence-corrected chi connectivity index (χ4v) is 4.21. The van der Waals surface area contributed by atoms with Crippen molar-refractivity contribution in [3.63, 3.8) is 0 Å². The van der Waals surface area contributed by atoms with E-state index in [1.165, 1.54) is 24.4 Å². The molecule has 0 saturated heterocycles. The van der Waals surface area contributed by atoms with Gasteiger partial charge in [-0.2, -0.15) is 5.10 Å². The number of halogens is 3. The first kappa shape index (κ1) is 29.1. The Hall–Kier alpha value is -5.44. The smallest absolute Gasteiger partial charge is 0.335 e. The number of aryl methyl sites for hydroxylation is 1. The number of carbonyl (C=O) groups is 1. The second kappa shape index (κ2) is 11.8. The molecule has 1 atom stereocenters. The molecule has 12 nitrogen and oxygen atoms in total. The van der Waals surface area contributed by atoms with Gasteiger partial charge >= 0.3 is 5.69 Å². The number of aliphatic hydroxyl groups excluding tert-OH is 1. The molecule has 5 aromatic rings. The molecule has 0 fully saturated rings. The van der Waals surface area contributed by atoms with Gasteiger partial charge in [0.1, 0.15) is 16.7 Å². The molecule has 15 heteroatoms. The predicted octanol–water partition coefficient (Wildman–Crippen LogP) is 3.55. The van der Waals surface area contributed by atoms with Crippen LogP contribution in [-0.4, -0.2) is 48.0 Å². The van der Waals surface area contributed by atoms with E-state index in [9.17, 15) is 28.3 Å². The van der Waals surface area contributed by atoms with E-state index >= 15 is 4.39 Å². The number of nitrogens with one attached hydrogen (secondary N) is 3. The van der Waals surface area contributed by atoms with Crippen LogP contribution in [0.5, 0.6) is 11.5 Å². The van der Waals surface area contributed by atoms with E-state index in [0.717, 1.165) is 29.0 Å². The fourth-order valence-electron chi connectivity index (χ4n) is 4.21. The first-order chi connectivity index (χ1) is 20.6. The summed E-state index contributed by atoms with van der Waals surface area (Å²) < 4.78 is 49.9. The summed E-state index contributed by atoms with van der Waals surface area (Å²) in [5, 5.41) is 22.0. The average Bonchev–Trinajstić information content (AvgIpc) is 3.39. The molecule has 43 heavy (non-hydrogen) atoms. The largest absolute Gasteiger partial charge is 0.453 e. The first-order valence-corrected chi connectivity index (χ1v) is 12.9. The summed E-state index contributed by atoms with van der Waals surface area (Å²) in [5.74, 6) is -3.95. The molecule has 0 aliphatic heterocycles. The van der Waals surface area contributed by atoms with Gasteiger partial charge in [0.25, 0.3) is 11.5 Å². The van der Waals surface area contributed by atoms with Crippen molar-refractivity contribution in [2.45, 2.75) is 26.4 Å². The Morgan fingerprint density at radius 3 is 2.56 bits per heavy atom. The summed E-state index contributed by atoms with van der Waals surface area (Å²) in [6.45, 7) is 3.21. The van der Waals surface area contributed by atoms with Crippen molar-refractivity contribution in [2.75, 3.05) is 17.2 Å². The molecule has 0 aliphatic carbocycles. The molecule has 5 rings (SSSR count). The maximum atomic E-state index is 15.1. The van der Waals surface area contributed by atoms with Crippen LogP contribution in [0.4, 0.5) is 24.7 Å². The molecule has 1 amide bonds. The van der Waals surface area contributed by atoms with Crippen LogP contribution in [0.1, 0.15) is 24.2 Å². The average molecular weight is 596 g/mol. The van der Waals surface area contributed by atoms with E-state index < -0.39 is 40.2 Å². The first-order valence-electron chi connectivity index (χ1n) is 12.9. The third-order valence-electron chi connectivity index (χ3n) is 6.39. The van der Waals surface area contributed by atoms with Gasteiger partial charge in [-0.25, -0.2) is 27.5 Å². The number of nitrogens with zero attached hydrogens (tertiary/aromatic N) is 4. The number of carbonyl (C=O) groups excluding carboxylic acids is 1. The number of fused-ring (bicyclic) bond motifs is 1. The lowest BCUT2D eigenvalue weighted by Gasteiger charge is -2.14. The van der Waals surface area contributed by atoms with E-state index in [4.69, 9.17) is 4.74 Å². The van der Waals surface area contributed by atoms with Gasteiger partial charge in [-0.3, -0.25) is 19.3 Å². The molecule has 2 aromatic carbocycles. The minimum atomic E-state index is -1.29. The number of aromatic nitrogens is 5. The lowest BCUT2D eigenvalue weighted by Crippen LogP contribution is -2.42. The Morgan fingerprint density at radius 2 is 1.86 bits per heavy atom. The summed E-state index contributed by atoms with van der Waals surface area (Å²) in [6.07, 6.45) is 2.47. The number of anilines is 2. The standard InChI is InChI=1S/C28H24F3N7O5/c1-3-37-12-17(27(41)38(28(37)42)16-5-6-18(29)19(30)11-16)26(40)34-15-4-7-21(20(31)10-15)43-22-8-9-32-24-23(22)25(36-35-24)33-14(2)13-39/h4-12,14,39H,3,13H2,1-2H3,(H,34,40)(H2,32,33,35,36). The van der Waals surface area contributed by atoms with Crippen LogP contribution in [0.2, 0.25) is 0 Å². The normalized spacial score (nSPS) is 11.9. The van der Waals surface area contributed by atoms with E-state index in [-0.39, 0.29) is 42.1 Å². The summed E-state index contributed by atoms with van der Waals surface area (Å²) in [7, 11) is 0. The number of rotatable bonds is 9. The molecule has 0 radical (unpaired) electrons. The van der Waals surface area contributed by atoms with Crippen LogP contribution in [0.25, 0.3) is 16.7 Å². The molecular weight excluding hydrogens is 571 g/mol. The summed E-state index contributed by atoms with van der Waals surface area (Å²) in [4.78, 5) is 43.3. The minimum absolute atomic E-state index is 0.0369. The number of H-pyrrole nitrogens is 1. The molecule has 4 N–H and O–H groups in total. The van der Waals surface area contributed by atoms with Gasteiger partial charge in [0.15, 0.2) is 34.7 Å². The number of amides is 1. The van der Waals surface area contributed by atoms with Crippen LogP contribution in [0.3, 0.4) is 0 Å². The molecule has 0 spiro atoms. The Kier molecular flexibility index (Phi) is 7.98. The highest BCUT2D eigenvalue weighted by molar-refractivity contribution is 6.04. The summed E-state index contributed by atoms with van der Waals surface area (Å²) >= 11 is 0. The summed E-state index contributed by atoms with van der Waals surface area (Å²) in [6, 6.07) is 7.18. The maximum Gasteiger partial charge on any atom is 0.335 e. The number of pyridine rings is 1. The molecule has 222 valence electrons. The van der Waals surface area contributed by atoms with Gasteiger partial charge < -0.3 is 20.5 Å². The number of benzene rings is 2. The van der Waals surface area contributed by atoms with E-state index in [2.05, 4.69) is 25.8 Å². The molecular formula is C28H24F3N7O5. The fraction of sp³-hybridized carbons (Fsp3) is 0.179. The quantitative estimate of drug-likeness (QED) is 0.202. The zero-order valence-corrected chi connectivity index (χ0v) is 22.7. The van der Waals surface area contributed by atoms with Crippen LogP contribution in [0, 0.1) is 17.5 Å². The number of aliphatic hydroxyl groups is 1. The Morgan fingerprint density at radius 1 is 1.07 bits per heavy atom. The second-order valence-corrected chi connectivity index (χ2v) is 9.38. The van der Waals surface area contributed by atoms with Gasteiger partial charge in [0, 0.05) is 48.9 Å². The monoisotopic (exact) mass is 595 g/mol. The van der Waals surface area contributed by atoms with Gasteiger partial charge in [0.2, 0.25) is 0 Å². The number of aromatic amines is 1. The van der Waals surface area contributed by atoms with Crippen LogP contribution in [0.15, 0.2) is 64.4 Å². The number of hydrogen-bond acceptors (Lipinski definition) is 8. The number of ether oxygens (including phenoxy) is 1. The van der Waals surface area contributed by atoms with Crippen molar-refractivity contribution in [1.82, 2.24) is 24.3 Å². The van der Waals surface area contributed by atoms with Crippen LogP contribution >= 0.6 is 0 Å². The van der Waals surface area contributed by atoms with E-state index in [1.54, 1.807) is 13.8 Å². The molecule has 3 aromatic heterocycles. The predicted molar refractivity (Wildman–Crippen MR) is 150 cm³/mol. The molecule has 0 aliphatic rings. The zero-order chi connectivity index (χ0) is 30.8. The molecule has 0 bridgehead atoms. The highest BCUT2D eigenvalue weighted by atomic mass is 19.2. The lowest BCUT2D eigenvalue weighted by molar-refractivity contribution is 0.102. The van der Waals surface area contributed by atoms with E-state index in [0.29, 0.717) is 27.5 Å². The lowest BCUT2D eigenvalue weighted by atomic mass is 10.2. The Balaban J connectivity index is 1.43. The zero-order valence-electron chi connectivity index (χ0n) is 22.7. The minimum Gasteiger partial charge on any atom is -0.453 e. The number of hydrogen-bond donors (Lipinski definition) is 4. The van der Waals surface area contributed by atoms with E-state index in [1.807, 2.05) is 0 Å². The Labute approximate surface area is 240 Å². The third-order valence-corrected chi connectivity index (χ3v) is 6.39. The molecule has 0 saturated carbocycles. The van der Waals surface area contributed by atoms with Crippen LogP contribution in [-0.2, 0) is 6.54 Å². The maximum absolute atomic E-state index is 15.1. The van der Waals surface area contributed by atoms with Gasteiger partial charge in [-0.1, -0.05) is 0 Å². The van der Waals surface area contributed by atoms with Crippen molar-refractivity contribution in [2.24, 2.45) is 0 Å². The van der Waals surface area contributed by atoms with Crippen molar-refractivity contribution in [3.05, 3.63) is 98.7 Å². The second-order valence-electron chi connectivity index (χ2n) is 9.38. The van der Waals surface area contributed by atoms with Crippen molar-refractivity contribution in [1.29, 1.82) is 0 Å². The summed E-state index contributed by atoms with van der Waals surface area (Å²) in [5.41, 5.74) is -2.40. The SMILES string of the molecule is CCn1cc(C(=O)Nc2ccc(Oc3ccnc4[nH]nc(NC(C)CO)c34)c(F)c2)c(=O)n(-c2ccc(F)c(F)c2)c1=O. The Bertz CT molecular complexity index is 1970. The van der Waals surface area contributed by atoms with Crippen molar-refractivity contribution >= 4 is 28.4 Å². The van der Waals surface area contributed by atoms with Gasteiger partial charge in [-0.15, -0.1) is 0 Å². The van der Waals surface area contributed by atoms with Crippen LogP contribution < -0.4 is 26.6 Å². The van der Waals surface area contributed by atoms with Gasteiger partial charge in [-0.05, 0) is 38.1 Å². The van der Waals surface area contributed by atoms with Crippen molar-refractivity contribution in [3.8, 4) is 17.2 Å².